The summed E-state index contributed by atoms with van der Waals surface area (Å²) >= 11 is 12.7. The van der Waals surface area contributed by atoms with Gasteiger partial charge in [0.15, 0.2) is 11.5 Å². The van der Waals surface area contributed by atoms with E-state index in [1.165, 1.54) is 24.3 Å². The fraction of sp³-hybridized carbons (Fsp3) is 0.0189. The van der Waals surface area contributed by atoms with Gasteiger partial charge in [0.05, 0.1) is 44.2 Å². The molecule has 11 aromatic rings. The van der Waals surface area contributed by atoms with E-state index in [9.17, 15) is 114 Å². The normalized spacial score (nSPS) is 13.8. The van der Waals surface area contributed by atoms with Crippen LogP contribution in [0.2, 0.25) is 10.6 Å². The van der Waals surface area contributed by atoms with Crippen molar-refractivity contribution in [1.82, 2.24) is 29.9 Å². The van der Waals surface area contributed by atoms with Gasteiger partial charge >= 0.3 is 0 Å². The van der Waals surface area contributed by atoms with Crippen molar-refractivity contribution < 1.29 is 114 Å². The van der Waals surface area contributed by atoms with Crippen LogP contribution in [0.3, 0.4) is 0 Å². The first kappa shape index (κ1) is 80.6. The molecule has 9 aromatic carbocycles. The summed E-state index contributed by atoms with van der Waals surface area (Å²) in [6, 6.07) is 18.7. The summed E-state index contributed by atoms with van der Waals surface area (Å²) in [5.74, 6) is -2.55. The molecule has 40 nitrogen and oxygen atoms in total. The van der Waals surface area contributed by atoms with Crippen molar-refractivity contribution in [2.75, 3.05) is 0 Å². The van der Waals surface area contributed by atoms with Crippen LogP contribution in [0, 0.1) is 0 Å². The molecule has 0 amide bonds. The SMILES string of the molecule is O=S(=O)(O)c1cc(N=c2[nH]c(Cl)nc(=NCc3cccc(N=c4nc(Cl)[nH]c(=Nc5cc(S(=O)(=O)O)cc6cc(S(=O)(=O)O)c(N=Nc7ccc8c(S(=O)(=O)O)cccc8c7S(=O)(=O)O)c(O)c56)[nH]4)c3)[nH]2)c2c(O)c(N=Nc3ccc4c(S(=O)(=O)O)cccc4c3S(=O)(=O)O)c(S(=O)(=O)O)cc2c1.[Li].[Na]. The summed E-state index contributed by atoms with van der Waals surface area (Å²) in [7, 11) is -42.5. The van der Waals surface area contributed by atoms with Gasteiger partial charge in [0.1, 0.15) is 52.1 Å². The Morgan fingerprint density at radius 3 is 1.16 bits per heavy atom. The number of azo groups is 2. The maximum absolute atomic E-state index is 12.9. The molecule has 14 N–H and O–H groups in total. The first-order chi connectivity index (χ1) is 47.7. The number of rotatable bonds is 17. The molecule has 0 aliphatic heterocycles. The number of phenolic OH excluding ortho intramolecular Hbond substituents is 2. The zero-order valence-electron chi connectivity index (χ0n) is 51.8. The van der Waals surface area contributed by atoms with E-state index in [1.807, 2.05) is 0 Å². The Hall–Kier alpha value is -8.50. The molecule has 0 aliphatic carbocycles. The summed E-state index contributed by atoms with van der Waals surface area (Å²) in [5.41, 5.74) is -6.66. The van der Waals surface area contributed by atoms with E-state index < -0.39 is 231 Å². The second-order valence-corrected chi connectivity index (χ2v) is 32.8. The molecule has 2 aromatic heterocycles. The molecule has 0 atom stereocenters. The van der Waals surface area contributed by atoms with E-state index in [1.54, 1.807) is 0 Å². The average Bonchev–Trinajstić information content (AvgIpc) is 0.760. The van der Waals surface area contributed by atoms with Gasteiger partial charge in [0.2, 0.25) is 33.0 Å². The number of benzene rings is 9. The van der Waals surface area contributed by atoms with Crippen molar-refractivity contribution in [3.8, 4) is 11.5 Å². The standard InChI is InChI=1S/C53H36Cl2N14O26S8.Li.Na/c54-48-60-50(64-52(62-48)58-34-19-26(96(72,73)74)15-23-17-38(100(84,85)86)42(44(70)40(23)34)68-66-32-12-10-28-30(46(32)102(90,91)92)6-2-8-36(28)98(78,79)80)56-21-22-4-1-5-25(14-22)57-51-61-49(55)63-53(65-51)59-35-20-27(97(75,76)77)16-24-18-39(101(87,88)89)43(45(71)41(24)35)69-67-33-13-11-29-31(47(33)103(93,94)95)7-3-9-37(29)99(81,82)83;;/h1-20,70-71H,21H2,(H,72,73,74)(H,75,76,77)(H,78,79,80)(H,81,82,83)(H,84,85,86)(H,87,88,89)(H,90,91,92)(H,93,94,95)(H2,56,58,60,62,64)(H2,57,59,61,63,65);;. The van der Waals surface area contributed by atoms with Crippen molar-refractivity contribution in [2.24, 2.45) is 40.4 Å². The fourth-order valence-corrected chi connectivity index (χ4v) is 15.9. The van der Waals surface area contributed by atoms with Crippen molar-refractivity contribution in [3.05, 3.63) is 160 Å². The van der Waals surface area contributed by atoms with Gasteiger partial charge in [-0.2, -0.15) is 77.3 Å². The molecule has 538 valence electrons. The molecule has 11 rings (SSSR count). The van der Waals surface area contributed by atoms with Crippen LogP contribution in [0.1, 0.15) is 5.56 Å². The molecule has 0 saturated heterocycles. The number of hydrogen-bond donors (Lipinski definition) is 14. The molecule has 2 radical (unpaired) electrons. The maximum atomic E-state index is 12.9. The first-order valence-corrected chi connectivity index (χ1v) is 39.4. The molecule has 0 saturated carbocycles. The molecule has 105 heavy (non-hydrogen) atoms. The van der Waals surface area contributed by atoms with E-state index in [0.717, 1.165) is 60.7 Å². The molecular formula is C53H36Cl2LiN14NaO26S8. The van der Waals surface area contributed by atoms with Crippen LogP contribution < -0.4 is 22.5 Å². The first-order valence-electron chi connectivity index (χ1n) is 27.1. The smallest absolute Gasteiger partial charge is 0.297 e. The summed E-state index contributed by atoms with van der Waals surface area (Å²) in [6.45, 7) is -0.302. The Morgan fingerprint density at radius 1 is 0.381 bits per heavy atom. The minimum Gasteiger partial charge on any atom is -0.505 e. The molecule has 0 aliphatic rings. The van der Waals surface area contributed by atoms with Crippen LogP contribution >= 0.6 is 23.2 Å². The number of aromatic amines is 4. The van der Waals surface area contributed by atoms with Gasteiger partial charge in [-0.15, -0.1) is 20.5 Å². The Kier molecular flexibility index (Phi) is 22.5. The van der Waals surface area contributed by atoms with E-state index >= 15 is 0 Å². The quantitative estimate of drug-likeness (QED) is 0.0284. The summed E-state index contributed by atoms with van der Waals surface area (Å²) < 4.78 is 283. The van der Waals surface area contributed by atoms with Crippen molar-refractivity contribution >= 4 is 235 Å². The summed E-state index contributed by atoms with van der Waals surface area (Å²) in [6.07, 6.45) is 0. The van der Waals surface area contributed by atoms with Gasteiger partial charge < -0.3 is 20.2 Å². The number of hydrogen-bond acceptors (Lipinski definition) is 28. The number of aromatic hydroxyl groups is 2. The zero-order chi connectivity index (χ0) is 75.2. The fourth-order valence-electron chi connectivity index (χ4n) is 10.1. The number of nitrogens with one attached hydrogen (secondary N) is 4. The van der Waals surface area contributed by atoms with Crippen molar-refractivity contribution in [3.63, 3.8) is 0 Å². The van der Waals surface area contributed by atoms with Crippen LogP contribution in [0.25, 0.3) is 43.1 Å². The van der Waals surface area contributed by atoms with Crippen LogP contribution in [0.5, 0.6) is 11.5 Å². The van der Waals surface area contributed by atoms with Crippen molar-refractivity contribution in [2.45, 2.75) is 45.7 Å². The van der Waals surface area contributed by atoms with E-state index in [4.69, 9.17) is 23.2 Å². The number of phenols is 2. The van der Waals surface area contributed by atoms with Gasteiger partial charge in [0, 0.05) is 70.0 Å². The largest absolute Gasteiger partial charge is 0.505 e. The Bertz CT molecular complexity index is 6990. The predicted molar refractivity (Wildman–Crippen MR) is 365 cm³/mol. The third kappa shape index (κ3) is 17.5. The van der Waals surface area contributed by atoms with E-state index in [-0.39, 0.29) is 71.9 Å². The monoisotopic (exact) mass is 1640 g/mol. The minimum absolute atomic E-state index is 0. The maximum Gasteiger partial charge on any atom is 0.297 e. The van der Waals surface area contributed by atoms with Gasteiger partial charge in [0.25, 0.3) is 80.9 Å². The third-order valence-corrected chi connectivity index (χ3v) is 21.6. The Morgan fingerprint density at radius 2 is 0.771 bits per heavy atom. The van der Waals surface area contributed by atoms with Crippen LogP contribution in [0.4, 0.5) is 39.8 Å². The average molecular weight is 1640 g/mol. The van der Waals surface area contributed by atoms with Crippen LogP contribution in [-0.2, 0) is 87.5 Å². The summed E-state index contributed by atoms with van der Waals surface area (Å²) in [5, 5.41) is 33.0. The number of aromatic nitrogens is 6. The number of fused-ring (bicyclic) bond motifs is 4. The van der Waals surface area contributed by atoms with Gasteiger partial charge in [-0.05, 0) is 112 Å². The second-order valence-electron chi connectivity index (χ2n) is 20.9. The molecular weight excluding hydrogens is 1610 g/mol. The van der Waals surface area contributed by atoms with Gasteiger partial charge in [-0.1, -0.05) is 48.5 Å². The summed E-state index contributed by atoms with van der Waals surface area (Å²) in [4.78, 5) is 27.1. The molecule has 0 unspecified atom stereocenters. The number of H-pyrrole nitrogens is 4. The Balaban J connectivity index is 0.00000638. The number of halogens is 2. The van der Waals surface area contributed by atoms with Gasteiger partial charge in [-0.25, -0.2) is 20.0 Å². The van der Waals surface area contributed by atoms with Crippen LogP contribution in [-0.4, -0.2) is 192 Å². The molecule has 52 heteroatoms. The zero-order valence-corrected chi connectivity index (χ0v) is 61.8. The topological polar surface area (TPSA) is 663 Å². The predicted octanol–water partition coefficient (Wildman–Crippen LogP) is 5.96. The minimum atomic E-state index is -5.55. The van der Waals surface area contributed by atoms with E-state index in [0.29, 0.717) is 42.0 Å². The van der Waals surface area contributed by atoms with Crippen molar-refractivity contribution in [1.29, 1.82) is 0 Å². The molecule has 2 heterocycles. The molecule has 0 bridgehead atoms. The van der Waals surface area contributed by atoms with Gasteiger partial charge in [-0.3, -0.25) is 46.4 Å². The van der Waals surface area contributed by atoms with Crippen LogP contribution in [0.15, 0.2) is 201 Å². The Labute approximate surface area is 631 Å². The number of nitrogens with zero attached hydrogens (tertiary/aromatic N) is 10. The van der Waals surface area contributed by atoms with E-state index in [2.05, 4.69) is 70.3 Å². The second kappa shape index (κ2) is 29.3. The third-order valence-electron chi connectivity index (χ3n) is 14.2. The molecule has 0 fully saturated rings. The molecule has 0 spiro atoms.